The number of amides is 1. The van der Waals surface area contributed by atoms with Crippen molar-refractivity contribution in [2.24, 2.45) is 11.8 Å². The Morgan fingerprint density at radius 1 is 1.60 bits per heavy atom. The molecule has 1 heterocycles. The van der Waals surface area contributed by atoms with Crippen molar-refractivity contribution >= 4 is 5.91 Å². The van der Waals surface area contributed by atoms with Gasteiger partial charge in [0.15, 0.2) is 0 Å². The summed E-state index contributed by atoms with van der Waals surface area (Å²) in [7, 11) is 0. The van der Waals surface area contributed by atoms with Crippen molar-refractivity contribution in [3.05, 3.63) is 12.7 Å². The highest BCUT2D eigenvalue weighted by Gasteiger charge is 2.45. The summed E-state index contributed by atoms with van der Waals surface area (Å²) in [4.78, 5) is 13.9. The predicted octanol–water partition coefficient (Wildman–Crippen LogP) is 1.43. The van der Waals surface area contributed by atoms with Crippen LogP contribution in [0.2, 0.25) is 0 Å². The number of likely N-dealkylation sites (tertiary alicyclic amines) is 1. The topological polar surface area (TPSA) is 40.5 Å². The van der Waals surface area contributed by atoms with E-state index < -0.39 is 6.10 Å². The minimum atomic E-state index is -0.604. The number of carbonyl (C=O) groups excluding carboxylic acids is 1. The van der Waals surface area contributed by atoms with Crippen LogP contribution < -0.4 is 0 Å². The Labute approximate surface area is 91.8 Å². The second-order valence-electron chi connectivity index (χ2n) is 5.29. The fourth-order valence-corrected chi connectivity index (χ4v) is 2.17. The lowest BCUT2D eigenvalue weighted by molar-refractivity contribution is -0.137. The summed E-state index contributed by atoms with van der Waals surface area (Å²) in [6, 6.07) is 0. The fraction of sp³-hybridized carbons (Fsp3) is 0.750. The molecule has 1 N–H and O–H groups in total. The van der Waals surface area contributed by atoms with E-state index in [4.69, 9.17) is 0 Å². The predicted molar refractivity (Wildman–Crippen MR) is 60.3 cm³/mol. The Morgan fingerprint density at radius 2 is 2.13 bits per heavy atom. The first kappa shape index (κ1) is 12.2. The number of rotatable bonds is 2. The van der Waals surface area contributed by atoms with E-state index in [-0.39, 0.29) is 23.3 Å². The van der Waals surface area contributed by atoms with Crippen molar-refractivity contribution in [3.8, 4) is 0 Å². The third-order valence-corrected chi connectivity index (χ3v) is 3.04. The summed E-state index contributed by atoms with van der Waals surface area (Å²) >= 11 is 0. The Balaban J connectivity index is 2.94. The lowest BCUT2D eigenvalue weighted by atomic mass is 9.91. The molecule has 1 rings (SSSR count). The van der Waals surface area contributed by atoms with Gasteiger partial charge in [-0.3, -0.25) is 4.79 Å². The highest BCUT2D eigenvalue weighted by atomic mass is 16.3. The molecule has 0 aromatic rings. The van der Waals surface area contributed by atoms with Crippen LogP contribution in [0.4, 0.5) is 0 Å². The molecule has 0 radical (unpaired) electrons. The third kappa shape index (κ3) is 2.23. The van der Waals surface area contributed by atoms with Crippen LogP contribution in [-0.2, 0) is 4.79 Å². The van der Waals surface area contributed by atoms with E-state index in [0.717, 1.165) is 0 Å². The van der Waals surface area contributed by atoms with Crippen LogP contribution in [-0.4, -0.2) is 34.1 Å². The van der Waals surface area contributed by atoms with Crippen LogP contribution in [0.1, 0.15) is 27.7 Å². The van der Waals surface area contributed by atoms with Gasteiger partial charge in [-0.1, -0.05) is 6.08 Å². The second-order valence-corrected chi connectivity index (χ2v) is 5.29. The summed E-state index contributed by atoms with van der Waals surface area (Å²) in [5, 5.41) is 9.61. The standard InChI is InChI=1S/C12H21NO2/c1-6-9-7-13(12(3,4)5)11(15)10(9)8(2)14/h6,8-10,14H,1,7H2,2-5H3/t8-,9+,10-/m1/s1. The number of nitrogens with zero attached hydrogens (tertiary/aromatic N) is 1. The van der Waals surface area contributed by atoms with E-state index >= 15 is 0 Å². The number of hydrogen-bond acceptors (Lipinski definition) is 2. The van der Waals surface area contributed by atoms with Gasteiger partial charge in [0.1, 0.15) is 0 Å². The summed E-state index contributed by atoms with van der Waals surface area (Å²) in [6.07, 6.45) is 1.17. The van der Waals surface area contributed by atoms with Crippen LogP contribution in [0.15, 0.2) is 12.7 Å². The van der Waals surface area contributed by atoms with E-state index in [9.17, 15) is 9.90 Å². The Hall–Kier alpha value is -0.830. The SMILES string of the molecule is C=C[C@H]1CN(C(C)(C)C)C(=O)[C@@H]1[C@@H](C)O. The number of hydrogen-bond donors (Lipinski definition) is 1. The van der Waals surface area contributed by atoms with Crippen molar-refractivity contribution < 1.29 is 9.90 Å². The molecule has 1 aliphatic rings. The third-order valence-electron chi connectivity index (χ3n) is 3.04. The molecule has 86 valence electrons. The molecule has 0 aromatic carbocycles. The summed E-state index contributed by atoms with van der Waals surface area (Å²) in [5.74, 6) is -0.208. The zero-order chi connectivity index (χ0) is 11.8. The van der Waals surface area contributed by atoms with Gasteiger partial charge in [-0.05, 0) is 27.7 Å². The van der Waals surface area contributed by atoms with Crippen molar-refractivity contribution in [3.63, 3.8) is 0 Å². The van der Waals surface area contributed by atoms with Crippen molar-refractivity contribution in [2.75, 3.05) is 6.54 Å². The van der Waals surface area contributed by atoms with Crippen LogP contribution >= 0.6 is 0 Å². The van der Waals surface area contributed by atoms with Gasteiger partial charge in [-0.25, -0.2) is 0 Å². The number of carbonyl (C=O) groups is 1. The molecule has 3 heteroatoms. The average molecular weight is 211 g/mol. The minimum Gasteiger partial charge on any atom is -0.393 e. The average Bonchev–Trinajstić information content (AvgIpc) is 2.41. The number of aliphatic hydroxyl groups excluding tert-OH is 1. The van der Waals surface area contributed by atoms with Crippen molar-refractivity contribution in [1.29, 1.82) is 0 Å². The lowest BCUT2D eigenvalue weighted by Gasteiger charge is -2.32. The normalized spacial score (nSPS) is 29.4. The summed E-state index contributed by atoms with van der Waals surface area (Å²) in [6.45, 7) is 12.1. The Kier molecular flexibility index (Phi) is 3.24. The highest BCUT2D eigenvalue weighted by molar-refractivity contribution is 5.83. The first-order valence-corrected chi connectivity index (χ1v) is 5.41. The lowest BCUT2D eigenvalue weighted by Crippen LogP contribution is -2.44. The Bertz CT molecular complexity index is 265. The quantitative estimate of drug-likeness (QED) is 0.702. The molecule has 0 unspecified atom stereocenters. The minimum absolute atomic E-state index is 0.0439. The first-order valence-electron chi connectivity index (χ1n) is 5.41. The van der Waals surface area contributed by atoms with Gasteiger partial charge in [0.25, 0.3) is 0 Å². The van der Waals surface area contributed by atoms with E-state index in [1.165, 1.54) is 0 Å². The largest absolute Gasteiger partial charge is 0.393 e. The van der Waals surface area contributed by atoms with Gasteiger partial charge < -0.3 is 10.0 Å². The zero-order valence-corrected chi connectivity index (χ0v) is 10.0. The molecule has 3 atom stereocenters. The maximum absolute atomic E-state index is 12.1. The van der Waals surface area contributed by atoms with Crippen molar-refractivity contribution in [1.82, 2.24) is 4.90 Å². The van der Waals surface area contributed by atoms with Crippen LogP contribution in [0.25, 0.3) is 0 Å². The molecule has 0 bridgehead atoms. The second kappa shape index (κ2) is 3.97. The van der Waals surface area contributed by atoms with E-state index in [2.05, 4.69) is 6.58 Å². The maximum atomic E-state index is 12.1. The van der Waals surface area contributed by atoms with Gasteiger partial charge in [0.2, 0.25) is 5.91 Å². The molecule has 1 saturated heterocycles. The fourth-order valence-electron chi connectivity index (χ4n) is 2.17. The van der Waals surface area contributed by atoms with Gasteiger partial charge in [-0.2, -0.15) is 0 Å². The molecular weight excluding hydrogens is 190 g/mol. The van der Waals surface area contributed by atoms with Crippen LogP contribution in [0.3, 0.4) is 0 Å². The van der Waals surface area contributed by atoms with Gasteiger partial charge >= 0.3 is 0 Å². The van der Waals surface area contributed by atoms with E-state index in [1.807, 2.05) is 25.7 Å². The molecule has 3 nitrogen and oxygen atoms in total. The molecule has 0 aliphatic carbocycles. The summed E-state index contributed by atoms with van der Waals surface area (Å²) in [5.41, 5.74) is -0.179. The molecule has 15 heavy (non-hydrogen) atoms. The van der Waals surface area contributed by atoms with E-state index in [0.29, 0.717) is 6.54 Å². The number of aliphatic hydroxyl groups is 1. The van der Waals surface area contributed by atoms with E-state index in [1.54, 1.807) is 13.0 Å². The smallest absolute Gasteiger partial charge is 0.229 e. The van der Waals surface area contributed by atoms with Crippen LogP contribution in [0, 0.1) is 11.8 Å². The molecular formula is C12H21NO2. The van der Waals surface area contributed by atoms with Crippen molar-refractivity contribution in [2.45, 2.75) is 39.3 Å². The molecule has 1 amide bonds. The molecule has 1 aliphatic heterocycles. The molecule has 0 saturated carbocycles. The van der Waals surface area contributed by atoms with Crippen LogP contribution in [0.5, 0.6) is 0 Å². The zero-order valence-electron chi connectivity index (χ0n) is 10.0. The van der Waals surface area contributed by atoms with Gasteiger partial charge in [-0.15, -0.1) is 6.58 Å². The molecule has 0 spiro atoms. The van der Waals surface area contributed by atoms with Gasteiger partial charge in [0, 0.05) is 18.0 Å². The first-order chi connectivity index (χ1) is 6.79. The summed E-state index contributed by atoms with van der Waals surface area (Å²) < 4.78 is 0. The Morgan fingerprint density at radius 3 is 2.40 bits per heavy atom. The van der Waals surface area contributed by atoms with Gasteiger partial charge in [0.05, 0.1) is 12.0 Å². The highest BCUT2D eigenvalue weighted by Crippen LogP contribution is 2.33. The molecule has 1 fully saturated rings. The maximum Gasteiger partial charge on any atom is 0.229 e. The monoisotopic (exact) mass is 211 g/mol. The molecule has 0 aromatic heterocycles.